The molecule has 1 saturated heterocycles. The van der Waals surface area contributed by atoms with Gasteiger partial charge in [0, 0.05) is 38.3 Å². The predicted molar refractivity (Wildman–Crippen MR) is 71.5 cm³/mol. The van der Waals surface area contributed by atoms with E-state index >= 15 is 0 Å². The summed E-state index contributed by atoms with van der Waals surface area (Å²) in [5, 5.41) is 3.41. The van der Waals surface area contributed by atoms with Crippen LogP contribution >= 0.6 is 0 Å². The van der Waals surface area contributed by atoms with Crippen molar-refractivity contribution in [1.82, 2.24) is 10.2 Å². The Morgan fingerprint density at radius 2 is 2.39 bits per heavy atom. The minimum Gasteiger partial charge on any atom is -0.472 e. The minimum absolute atomic E-state index is 0.442. The van der Waals surface area contributed by atoms with Crippen LogP contribution in [0.3, 0.4) is 0 Å². The number of nitrogens with one attached hydrogen (secondary N) is 1. The summed E-state index contributed by atoms with van der Waals surface area (Å²) in [5.74, 6) is 0. The first-order valence-corrected chi connectivity index (χ1v) is 6.86. The zero-order valence-corrected chi connectivity index (χ0v) is 11.2. The van der Waals surface area contributed by atoms with Crippen LogP contribution in [-0.4, -0.2) is 44.3 Å². The largest absolute Gasteiger partial charge is 0.472 e. The second-order valence-electron chi connectivity index (χ2n) is 5.06. The predicted octanol–water partition coefficient (Wildman–Crippen LogP) is 1.87. The number of hydrogen-bond acceptors (Lipinski definition) is 4. The van der Waals surface area contributed by atoms with Crippen molar-refractivity contribution in [2.24, 2.45) is 0 Å². The van der Waals surface area contributed by atoms with Gasteiger partial charge in [0.1, 0.15) is 0 Å². The second kappa shape index (κ2) is 7.56. The molecule has 0 saturated carbocycles. The molecular formula is C14H24N2O2. The first-order chi connectivity index (χ1) is 8.84. The van der Waals surface area contributed by atoms with E-state index in [2.05, 4.69) is 17.3 Å². The third kappa shape index (κ3) is 4.80. The number of hydrogen-bond donors (Lipinski definition) is 1. The van der Waals surface area contributed by atoms with E-state index < -0.39 is 0 Å². The van der Waals surface area contributed by atoms with Gasteiger partial charge >= 0.3 is 0 Å². The van der Waals surface area contributed by atoms with Crippen LogP contribution in [0.4, 0.5) is 0 Å². The summed E-state index contributed by atoms with van der Waals surface area (Å²) < 4.78 is 10.8. The number of nitrogens with zero attached hydrogens (tertiary/aromatic N) is 1. The van der Waals surface area contributed by atoms with Gasteiger partial charge in [-0.2, -0.15) is 0 Å². The molecule has 1 aliphatic heterocycles. The van der Waals surface area contributed by atoms with Crippen LogP contribution in [-0.2, 0) is 11.3 Å². The lowest BCUT2D eigenvalue weighted by Gasteiger charge is -2.27. The third-order valence-corrected chi connectivity index (χ3v) is 3.37. The lowest BCUT2D eigenvalue weighted by Crippen LogP contribution is -2.37. The Balaban J connectivity index is 1.52. The molecule has 2 rings (SSSR count). The zero-order chi connectivity index (χ0) is 12.6. The quantitative estimate of drug-likeness (QED) is 0.752. The maximum absolute atomic E-state index is 5.74. The molecule has 2 heterocycles. The van der Waals surface area contributed by atoms with Gasteiger partial charge in [0.25, 0.3) is 0 Å². The molecule has 0 amide bonds. The fourth-order valence-corrected chi connectivity index (χ4v) is 2.29. The van der Waals surface area contributed by atoms with Gasteiger partial charge in [-0.25, -0.2) is 0 Å². The number of furan rings is 1. The van der Waals surface area contributed by atoms with Gasteiger partial charge in [-0.15, -0.1) is 0 Å². The first kappa shape index (κ1) is 13.6. The van der Waals surface area contributed by atoms with Crippen molar-refractivity contribution in [3.8, 4) is 0 Å². The van der Waals surface area contributed by atoms with Crippen molar-refractivity contribution < 1.29 is 9.15 Å². The highest BCUT2D eigenvalue weighted by Gasteiger charge is 2.15. The fraction of sp³-hybridized carbons (Fsp3) is 0.714. The van der Waals surface area contributed by atoms with Crippen LogP contribution in [0, 0.1) is 0 Å². The maximum atomic E-state index is 5.74. The van der Waals surface area contributed by atoms with Gasteiger partial charge in [-0.05, 0) is 32.4 Å². The Kier molecular flexibility index (Phi) is 5.71. The summed E-state index contributed by atoms with van der Waals surface area (Å²) in [4.78, 5) is 2.35. The van der Waals surface area contributed by atoms with E-state index in [1.54, 1.807) is 12.5 Å². The molecule has 1 fully saturated rings. The van der Waals surface area contributed by atoms with Crippen molar-refractivity contribution in [2.45, 2.75) is 31.9 Å². The Morgan fingerprint density at radius 3 is 3.11 bits per heavy atom. The van der Waals surface area contributed by atoms with Gasteiger partial charge < -0.3 is 19.4 Å². The van der Waals surface area contributed by atoms with E-state index in [1.807, 2.05) is 6.07 Å². The molecule has 4 nitrogen and oxygen atoms in total. The summed E-state index contributed by atoms with van der Waals surface area (Å²) in [7, 11) is 2.16. The molecular weight excluding hydrogens is 228 g/mol. The summed E-state index contributed by atoms with van der Waals surface area (Å²) in [6.07, 6.45) is 7.70. The van der Waals surface area contributed by atoms with E-state index in [0.717, 1.165) is 32.8 Å². The SMILES string of the molecule is CN(CCNCc1ccoc1)CC1CCCCO1. The molecule has 4 heteroatoms. The third-order valence-electron chi connectivity index (χ3n) is 3.37. The Bertz CT molecular complexity index is 308. The molecule has 0 aromatic carbocycles. The highest BCUT2D eigenvalue weighted by atomic mass is 16.5. The Morgan fingerprint density at radius 1 is 1.44 bits per heavy atom. The lowest BCUT2D eigenvalue weighted by molar-refractivity contribution is -0.00123. The monoisotopic (exact) mass is 252 g/mol. The van der Waals surface area contributed by atoms with E-state index in [9.17, 15) is 0 Å². The first-order valence-electron chi connectivity index (χ1n) is 6.86. The molecule has 1 aromatic heterocycles. The van der Waals surface area contributed by atoms with Crippen molar-refractivity contribution in [3.05, 3.63) is 24.2 Å². The van der Waals surface area contributed by atoms with Gasteiger partial charge in [0.15, 0.2) is 0 Å². The zero-order valence-electron chi connectivity index (χ0n) is 11.2. The van der Waals surface area contributed by atoms with E-state index in [4.69, 9.17) is 9.15 Å². The molecule has 1 aromatic rings. The van der Waals surface area contributed by atoms with Gasteiger partial charge in [0.2, 0.25) is 0 Å². The molecule has 102 valence electrons. The van der Waals surface area contributed by atoms with Crippen LogP contribution in [0.15, 0.2) is 23.0 Å². The average Bonchev–Trinajstić information content (AvgIpc) is 2.89. The Hall–Kier alpha value is -0.840. The molecule has 0 spiro atoms. The molecule has 1 N–H and O–H groups in total. The van der Waals surface area contributed by atoms with Crippen LogP contribution in [0.2, 0.25) is 0 Å². The molecule has 1 atom stereocenters. The van der Waals surface area contributed by atoms with Gasteiger partial charge in [-0.1, -0.05) is 0 Å². The highest BCUT2D eigenvalue weighted by molar-refractivity contribution is 5.04. The second-order valence-corrected chi connectivity index (χ2v) is 5.06. The van der Waals surface area contributed by atoms with Crippen molar-refractivity contribution in [2.75, 3.05) is 33.3 Å². The van der Waals surface area contributed by atoms with E-state index in [0.29, 0.717) is 6.10 Å². The minimum atomic E-state index is 0.442. The van der Waals surface area contributed by atoms with Gasteiger partial charge in [0.05, 0.1) is 18.6 Å². The average molecular weight is 252 g/mol. The fourth-order valence-electron chi connectivity index (χ4n) is 2.29. The van der Waals surface area contributed by atoms with E-state index in [-0.39, 0.29) is 0 Å². The van der Waals surface area contributed by atoms with E-state index in [1.165, 1.54) is 24.8 Å². The Labute approximate surface area is 109 Å². The molecule has 1 unspecified atom stereocenters. The summed E-state index contributed by atoms with van der Waals surface area (Å²) in [6, 6.07) is 1.99. The molecule has 0 aliphatic carbocycles. The molecule has 1 aliphatic rings. The van der Waals surface area contributed by atoms with Crippen LogP contribution < -0.4 is 5.32 Å². The van der Waals surface area contributed by atoms with Crippen molar-refractivity contribution >= 4 is 0 Å². The maximum Gasteiger partial charge on any atom is 0.0947 e. The summed E-state index contributed by atoms with van der Waals surface area (Å²) in [6.45, 7) is 4.92. The summed E-state index contributed by atoms with van der Waals surface area (Å²) in [5.41, 5.74) is 1.20. The number of ether oxygens (including phenoxy) is 1. The number of likely N-dealkylation sites (N-methyl/N-ethyl adjacent to an activating group) is 1. The normalized spacial score (nSPS) is 20.4. The highest BCUT2D eigenvalue weighted by Crippen LogP contribution is 2.13. The van der Waals surface area contributed by atoms with Crippen LogP contribution in [0.25, 0.3) is 0 Å². The smallest absolute Gasteiger partial charge is 0.0947 e. The standard InChI is InChI=1S/C14H24N2O2/c1-16(11-14-4-2-3-8-18-14)7-6-15-10-13-5-9-17-12-13/h5,9,12,14-15H,2-4,6-8,10-11H2,1H3. The number of rotatable bonds is 7. The van der Waals surface area contributed by atoms with Crippen molar-refractivity contribution in [1.29, 1.82) is 0 Å². The van der Waals surface area contributed by atoms with Crippen LogP contribution in [0.1, 0.15) is 24.8 Å². The molecule has 18 heavy (non-hydrogen) atoms. The summed E-state index contributed by atoms with van der Waals surface area (Å²) >= 11 is 0. The van der Waals surface area contributed by atoms with Crippen LogP contribution in [0.5, 0.6) is 0 Å². The topological polar surface area (TPSA) is 37.6 Å². The van der Waals surface area contributed by atoms with Crippen molar-refractivity contribution in [3.63, 3.8) is 0 Å². The lowest BCUT2D eigenvalue weighted by atomic mass is 10.1. The molecule has 0 bridgehead atoms. The van der Waals surface area contributed by atoms with Gasteiger partial charge in [-0.3, -0.25) is 0 Å². The molecule has 0 radical (unpaired) electrons.